The first kappa shape index (κ1) is 13.6. The van der Waals surface area contributed by atoms with Gasteiger partial charge in [-0.15, -0.1) is 0 Å². The van der Waals surface area contributed by atoms with E-state index in [0.29, 0.717) is 0 Å². The molecule has 0 amide bonds. The molecule has 0 saturated heterocycles. The third kappa shape index (κ3) is 2.96. The average molecular weight is 263 g/mol. The number of aromatic nitrogens is 4. The number of aryl methyl sites for hydroxylation is 3. The molecule has 19 heavy (non-hydrogen) atoms. The summed E-state index contributed by atoms with van der Waals surface area (Å²) in [6.45, 7) is 8.63. The third-order valence-electron chi connectivity index (χ3n) is 2.99. The standard InChI is InChI=1S/C13H21N5O/c1-5-14-8-12-10(3)16-17(4)13(12)19-11-7-15-18(6-2)9-11/h7,9,14H,5-6,8H2,1-4H3. The molecule has 0 aliphatic rings. The van der Waals surface area contributed by atoms with E-state index in [1.165, 1.54) is 0 Å². The molecule has 1 N–H and O–H groups in total. The highest BCUT2D eigenvalue weighted by Gasteiger charge is 2.15. The molecule has 0 aliphatic heterocycles. The fourth-order valence-corrected chi connectivity index (χ4v) is 1.94. The number of nitrogens with zero attached hydrogens (tertiary/aromatic N) is 4. The largest absolute Gasteiger partial charge is 0.436 e. The fraction of sp³-hybridized carbons (Fsp3) is 0.538. The van der Waals surface area contributed by atoms with Crippen LogP contribution in [0.4, 0.5) is 0 Å². The molecule has 2 rings (SSSR count). The molecule has 0 unspecified atom stereocenters. The maximum atomic E-state index is 5.92. The predicted molar refractivity (Wildman–Crippen MR) is 73.3 cm³/mol. The number of rotatable bonds is 6. The maximum Gasteiger partial charge on any atom is 0.222 e. The van der Waals surface area contributed by atoms with Crippen molar-refractivity contribution in [1.82, 2.24) is 24.9 Å². The molecular formula is C13H21N5O. The van der Waals surface area contributed by atoms with Crippen LogP contribution in [0.5, 0.6) is 11.6 Å². The van der Waals surface area contributed by atoms with Crippen LogP contribution in [0, 0.1) is 6.92 Å². The molecule has 0 bridgehead atoms. The number of hydrogen-bond acceptors (Lipinski definition) is 4. The molecule has 0 aliphatic carbocycles. The molecule has 104 valence electrons. The molecular weight excluding hydrogens is 242 g/mol. The van der Waals surface area contributed by atoms with Gasteiger partial charge in [-0.3, -0.25) is 4.68 Å². The van der Waals surface area contributed by atoms with Gasteiger partial charge in [0.25, 0.3) is 0 Å². The van der Waals surface area contributed by atoms with Crippen molar-refractivity contribution in [3.05, 3.63) is 23.7 Å². The number of hydrogen-bond donors (Lipinski definition) is 1. The number of nitrogens with one attached hydrogen (secondary N) is 1. The molecule has 6 nitrogen and oxygen atoms in total. The predicted octanol–water partition coefficient (Wildman–Crippen LogP) is 1.85. The van der Waals surface area contributed by atoms with E-state index in [9.17, 15) is 0 Å². The lowest BCUT2D eigenvalue weighted by atomic mass is 10.2. The minimum absolute atomic E-state index is 0.739. The first-order chi connectivity index (χ1) is 9.15. The van der Waals surface area contributed by atoms with Crippen LogP contribution in [-0.2, 0) is 20.1 Å². The van der Waals surface area contributed by atoms with Gasteiger partial charge in [-0.25, -0.2) is 4.68 Å². The van der Waals surface area contributed by atoms with Gasteiger partial charge in [0.1, 0.15) is 0 Å². The van der Waals surface area contributed by atoms with Gasteiger partial charge in [0, 0.05) is 20.1 Å². The molecule has 0 atom stereocenters. The monoisotopic (exact) mass is 263 g/mol. The van der Waals surface area contributed by atoms with Crippen LogP contribution in [0.2, 0.25) is 0 Å². The zero-order valence-corrected chi connectivity index (χ0v) is 12.0. The minimum Gasteiger partial charge on any atom is -0.436 e. The van der Waals surface area contributed by atoms with Gasteiger partial charge in [0.2, 0.25) is 5.88 Å². The Morgan fingerprint density at radius 3 is 2.79 bits per heavy atom. The summed E-state index contributed by atoms with van der Waals surface area (Å²) in [7, 11) is 1.89. The molecule has 0 aromatic carbocycles. The van der Waals surface area contributed by atoms with E-state index in [4.69, 9.17) is 4.74 Å². The van der Waals surface area contributed by atoms with Gasteiger partial charge in [-0.2, -0.15) is 10.2 Å². The summed E-state index contributed by atoms with van der Waals surface area (Å²) in [5, 5.41) is 11.9. The van der Waals surface area contributed by atoms with E-state index in [1.54, 1.807) is 10.9 Å². The Balaban J connectivity index is 2.22. The Bertz CT molecular complexity index is 543. The van der Waals surface area contributed by atoms with Crippen LogP contribution < -0.4 is 10.1 Å². The topological polar surface area (TPSA) is 56.9 Å². The van der Waals surface area contributed by atoms with Gasteiger partial charge >= 0.3 is 0 Å². The SMILES string of the molecule is CCNCc1c(C)nn(C)c1Oc1cnn(CC)c1. The molecule has 2 aromatic heterocycles. The number of ether oxygens (including phenoxy) is 1. The lowest BCUT2D eigenvalue weighted by Gasteiger charge is -2.07. The summed E-state index contributed by atoms with van der Waals surface area (Å²) in [5.41, 5.74) is 2.08. The molecule has 2 heterocycles. The normalized spacial score (nSPS) is 10.9. The Labute approximate surface area is 113 Å². The molecule has 6 heteroatoms. The van der Waals surface area contributed by atoms with Crippen molar-refractivity contribution >= 4 is 0 Å². The Kier molecular flexibility index (Phi) is 4.21. The van der Waals surface area contributed by atoms with Crippen LogP contribution in [0.15, 0.2) is 12.4 Å². The summed E-state index contributed by atoms with van der Waals surface area (Å²) in [6, 6.07) is 0. The summed E-state index contributed by atoms with van der Waals surface area (Å²) >= 11 is 0. The second-order valence-electron chi connectivity index (χ2n) is 4.41. The minimum atomic E-state index is 0.739. The van der Waals surface area contributed by atoms with Gasteiger partial charge in [-0.1, -0.05) is 6.92 Å². The quantitative estimate of drug-likeness (QED) is 0.864. The van der Waals surface area contributed by atoms with Gasteiger partial charge < -0.3 is 10.1 Å². The van der Waals surface area contributed by atoms with E-state index in [1.807, 2.05) is 31.8 Å². The van der Waals surface area contributed by atoms with E-state index in [2.05, 4.69) is 22.4 Å². The zero-order valence-electron chi connectivity index (χ0n) is 12.0. The molecule has 0 radical (unpaired) electrons. The Hall–Kier alpha value is -1.82. The van der Waals surface area contributed by atoms with Gasteiger partial charge in [0.15, 0.2) is 5.75 Å². The highest BCUT2D eigenvalue weighted by molar-refractivity contribution is 5.34. The van der Waals surface area contributed by atoms with Gasteiger partial charge in [-0.05, 0) is 20.4 Å². The first-order valence-electron chi connectivity index (χ1n) is 6.59. The van der Waals surface area contributed by atoms with E-state index in [-0.39, 0.29) is 0 Å². The summed E-state index contributed by atoms with van der Waals surface area (Å²) < 4.78 is 9.52. The highest BCUT2D eigenvalue weighted by Crippen LogP contribution is 2.26. The lowest BCUT2D eigenvalue weighted by molar-refractivity contribution is 0.423. The van der Waals surface area contributed by atoms with Crippen LogP contribution in [-0.4, -0.2) is 26.1 Å². The van der Waals surface area contributed by atoms with Crippen molar-refractivity contribution in [2.24, 2.45) is 7.05 Å². The summed E-state index contributed by atoms with van der Waals surface area (Å²) in [5.74, 6) is 1.51. The lowest BCUT2D eigenvalue weighted by Crippen LogP contribution is -2.12. The Morgan fingerprint density at radius 1 is 1.37 bits per heavy atom. The average Bonchev–Trinajstić information content (AvgIpc) is 2.94. The third-order valence-corrected chi connectivity index (χ3v) is 2.99. The Morgan fingerprint density at radius 2 is 2.16 bits per heavy atom. The fourth-order valence-electron chi connectivity index (χ4n) is 1.94. The van der Waals surface area contributed by atoms with Gasteiger partial charge in [0.05, 0.1) is 23.7 Å². The van der Waals surface area contributed by atoms with Crippen molar-refractivity contribution in [1.29, 1.82) is 0 Å². The van der Waals surface area contributed by atoms with Crippen LogP contribution >= 0.6 is 0 Å². The van der Waals surface area contributed by atoms with Crippen molar-refractivity contribution in [2.45, 2.75) is 33.9 Å². The van der Waals surface area contributed by atoms with Crippen molar-refractivity contribution in [3.63, 3.8) is 0 Å². The van der Waals surface area contributed by atoms with Crippen LogP contribution in [0.3, 0.4) is 0 Å². The van der Waals surface area contributed by atoms with E-state index in [0.717, 1.165) is 42.5 Å². The maximum absolute atomic E-state index is 5.92. The molecule has 0 saturated carbocycles. The molecule has 0 fully saturated rings. The summed E-state index contributed by atoms with van der Waals surface area (Å²) in [6.07, 6.45) is 3.61. The molecule has 2 aromatic rings. The first-order valence-corrected chi connectivity index (χ1v) is 6.59. The summed E-state index contributed by atoms with van der Waals surface area (Å²) in [4.78, 5) is 0. The van der Waals surface area contributed by atoms with E-state index < -0.39 is 0 Å². The highest BCUT2D eigenvalue weighted by atomic mass is 16.5. The molecule has 0 spiro atoms. The van der Waals surface area contributed by atoms with Crippen LogP contribution in [0.25, 0.3) is 0 Å². The van der Waals surface area contributed by atoms with E-state index >= 15 is 0 Å². The van der Waals surface area contributed by atoms with Crippen molar-refractivity contribution in [2.75, 3.05) is 6.54 Å². The second-order valence-corrected chi connectivity index (χ2v) is 4.41. The van der Waals surface area contributed by atoms with Crippen molar-refractivity contribution < 1.29 is 4.74 Å². The van der Waals surface area contributed by atoms with Crippen LogP contribution in [0.1, 0.15) is 25.1 Å². The smallest absolute Gasteiger partial charge is 0.222 e. The second kappa shape index (κ2) is 5.88. The zero-order chi connectivity index (χ0) is 13.8. The van der Waals surface area contributed by atoms with Crippen molar-refractivity contribution in [3.8, 4) is 11.6 Å².